The first-order chi connectivity index (χ1) is 17.5. The van der Waals surface area contributed by atoms with Crippen LogP contribution in [-0.4, -0.2) is 65.7 Å². The molecule has 4 heterocycles. The van der Waals surface area contributed by atoms with Crippen molar-refractivity contribution in [2.24, 2.45) is 0 Å². The van der Waals surface area contributed by atoms with Crippen molar-refractivity contribution in [3.8, 4) is 0 Å². The third-order valence-corrected chi connectivity index (χ3v) is 8.72. The number of ether oxygens (including phenoxy) is 1. The van der Waals surface area contributed by atoms with Crippen LogP contribution in [0.1, 0.15) is 49.4 Å². The standard InChI is InChI=1S/C25H32N6O4S/c1-2-31-24-21(17-27-31)23(28-18-9-13-35-14-10-18)22(16-26-24)25(32)29-19-7-6-8-20(15-19)36(33,34)30-11-4-3-5-12-30/h6-8,15-18H,2-5,9-14H2,1H3,(H,26,28)(H,29,32). The smallest absolute Gasteiger partial charge is 0.259 e. The van der Waals surface area contributed by atoms with Gasteiger partial charge in [0.1, 0.15) is 0 Å². The van der Waals surface area contributed by atoms with Crippen molar-refractivity contribution < 1.29 is 17.9 Å². The lowest BCUT2D eigenvalue weighted by molar-refractivity contribution is 0.0904. The molecule has 11 heteroatoms. The number of nitrogens with zero attached hydrogens (tertiary/aromatic N) is 4. The molecule has 0 bridgehead atoms. The van der Waals surface area contributed by atoms with Gasteiger partial charge >= 0.3 is 0 Å². The number of hydrogen-bond acceptors (Lipinski definition) is 7. The Hall–Kier alpha value is -3.02. The fourth-order valence-electron chi connectivity index (χ4n) is 4.82. The number of nitrogens with one attached hydrogen (secondary N) is 2. The van der Waals surface area contributed by atoms with Crippen molar-refractivity contribution in [2.75, 3.05) is 36.9 Å². The van der Waals surface area contributed by atoms with Gasteiger partial charge in [0.05, 0.1) is 27.7 Å². The van der Waals surface area contributed by atoms with Crippen LogP contribution in [0.25, 0.3) is 11.0 Å². The molecule has 36 heavy (non-hydrogen) atoms. The van der Waals surface area contributed by atoms with Crippen molar-refractivity contribution >= 4 is 38.3 Å². The second-order valence-corrected chi connectivity index (χ2v) is 11.2. The minimum absolute atomic E-state index is 0.166. The van der Waals surface area contributed by atoms with Crippen molar-refractivity contribution in [1.82, 2.24) is 19.1 Å². The van der Waals surface area contributed by atoms with Gasteiger partial charge in [-0.1, -0.05) is 12.5 Å². The molecule has 2 saturated heterocycles. The third kappa shape index (κ3) is 4.95. The van der Waals surface area contributed by atoms with E-state index < -0.39 is 10.0 Å². The first-order valence-corrected chi connectivity index (χ1v) is 14.0. The Balaban J connectivity index is 1.44. The summed E-state index contributed by atoms with van der Waals surface area (Å²) in [5, 5.41) is 11.6. The minimum Gasteiger partial charge on any atom is -0.381 e. The van der Waals surface area contributed by atoms with Crippen LogP contribution < -0.4 is 10.6 Å². The summed E-state index contributed by atoms with van der Waals surface area (Å²) in [6.45, 7) is 5.04. The van der Waals surface area contributed by atoms with Gasteiger partial charge in [0.25, 0.3) is 5.91 Å². The van der Waals surface area contributed by atoms with Gasteiger partial charge in [0.15, 0.2) is 5.65 Å². The van der Waals surface area contributed by atoms with E-state index in [0.717, 1.165) is 37.5 Å². The molecule has 2 N–H and O–H groups in total. The zero-order chi connectivity index (χ0) is 25.1. The van der Waals surface area contributed by atoms with Crippen LogP contribution in [0, 0.1) is 0 Å². The Morgan fingerprint density at radius 2 is 1.92 bits per heavy atom. The first-order valence-electron chi connectivity index (χ1n) is 12.6. The van der Waals surface area contributed by atoms with E-state index >= 15 is 0 Å². The molecular formula is C25H32N6O4S. The summed E-state index contributed by atoms with van der Waals surface area (Å²) in [7, 11) is -3.61. The Morgan fingerprint density at radius 3 is 2.67 bits per heavy atom. The van der Waals surface area contributed by atoms with E-state index in [0.29, 0.717) is 55.4 Å². The summed E-state index contributed by atoms with van der Waals surface area (Å²) in [6, 6.07) is 6.61. The van der Waals surface area contributed by atoms with Crippen LogP contribution in [0.15, 0.2) is 41.6 Å². The maximum absolute atomic E-state index is 13.5. The molecule has 2 aliphatic heterocycles. The number of pyridine rings is 1. The second kappa shape index (κ2) is 10.5. The number of aryl methyl sites for hydroxylation is 1. The maximum Gasteiger partial charge on any atom is 0.259 e. The van der Waals surface area contributed by atoms with E-state index in [4.69, 9.17) is 4.74 Å². The predicted octanol–water partition coefficient (Wildman–Crippen LogP) is 3.47. The summed E-state index contributed by atoms with van der Waals surface area (Å²) < 4.78 is 35.0. The van der Waals surface area contributed by atoms with E-state index in [2.05, 4.69) is 20.7 Å². The minimum atomic E-state index is -3.61. The topological polar surface area (TPSA) is 118 Å². The number of benzene rings is 1. The highest BCUT2D eigenvalue weighted by Crippen LogP contribution is 2.29. The zero-order valence-corrected chi connectivity index (χ0v) is 21.3. The normalized spacial score (nSPS) is 17.8. The number of carbonyl (C=O) groups excluding carboxylic acids is 1. The molecule has 0 radical (unpaired) electrons. The molecule has 0 unspecified atom stereocenters. The van der Waals surface area contributed by atoms with Gasteiger partial charge in [-0.2, -0.15) is 9.40 Å². The summed E-state index contributed by atoms with van der Waals surface area (Å²) in [4.78, 5) is 18.2. The lowest BCUT2D eigenvalue weighted by atomic mass is 10.1. The van der Waals surface area contributed by atoms with Crippen LogP contribution in [0.2, 0.25) is 0 Å². The molecule has 2 aliphatic rings. The van der Waals surface area contributed by atoms with Crippen molar-refractivity contribution in [2.45, 2.75) is 56.5 Å². The predicted molar refractivity (Wildman–Crippen MR) is 138 cm³/mol. The number of hydrogen-bond donors (Lipinski definition) is 2. The SMILES string of the molecule is CCn1ncc2c(NC3CCOCC3)c(C(=O)Nc3cccc(S(=O)(=O)N4CCCCC4)c3)cnc21. The highest BCUT2D eigenvalue weighted by Gasteiger charge is 2.27. The van der Waals surface area contributed by atoms with Crippen LogP contribution in [0.3, 0.4) is 0 Å². The Bertz CT molecular complexity index is 1340. The molecule has 1 aromatic carbocycles. The third-order valence-electron chi connectivity index (χ3n) is 6.82. The summed E-state index contributed by atoms with van der Waals surface area (Å²) >= 11 is 0. The van der Waals surface area contributed by atoms with Crippen molar-refractivity contribution in [3.05, 3.63) is 42.2 Å². The molecule has 0 atom stereocenters. The fraction of sp³-hybridized carbons (Fsp3) is 0.480. The molecule has 192 valence electrons. The van der Waals surface area contributed by atoms with Crippen molar-refractivity contribution in [3.63, 3.8) is 0 Å². The van der Waals surface area contributed by atoms with E-state index in [-0.39, 0.29) is 16.8 Å². The Morgan fingerprint density at radius 1 is 1.14 bits per heavy atom. The second-order valence-electron chi connectivity index (χ2n) is 9.22. The molecule has 10 nitrogen and oxygen atoms in total. The van der Waals surface area contributed by atoms with Crippen molar-refractivity contribution in [1.29, 1.82) is 0 Å². The number of piperidine rings is 1. The summed E-state index contributed by atoms with van der Waals surface area (Å²) in [5.41, 5.74) is 2.19. The lowest BCUT2D eigenvalue weighted by Crippen LogP contribution is -2.35. The van der Waals surface area contributed by atoms with Gasteiger partial charge in [-0.05, 0) is 50.8 Å². The number of aromatic nitrogens is 3. The number of amides is 1. The van der Waals surface area contributed by atoms with Gasteiger partial charge in [-0.25, -0.2) is 18.1 Å². The van der Waals surface area contributed by atoms with Gasteiger partial charge in [-0.15, -0.1) is 0 Å². The van der Waals surface area contributed by atoms with E-state index in [9.17, 15) is 13.2 Å². The van der Waals surface area contributed by atoms with Crippen LogP contribution in [0.4, 0.5) is 11.4 Å². The van der Waals surface area contributed by atoms with E-state index in [1.165, 1.54) is 10.4 Å². The monoisotopic (exact) mass is 512 g/mol. The molecule has 0 spiro atoms. The molecule has 1 amide bonds. The lowest BCUT2D eigenvalue weighted by Gasteiger charge is -2.26. The van der Waals surface area contributed by atoms with Gasteiger partial charge in [0.2, 0.25) is 10.0 Å². The average molecular weight is 513 g/mol. The Kier molecular flexibility index (Phi) is 7.22. The number of sulfonamides is 1. The first kappa shape index (κ1) is 24.7. The van der Waals surface area contributed by atoms with Crippen LogP contribution in [-0.2, 0) is 21.3 Å². The quantitative estimate of drug-likeness (QED) is 0.498. The molecule has 0 saturated carbocycles. The van der Waals surface area contributed by atoms with Gasteiger partial charge in [0, 0.05) is 50.8 Å². The molecule has 2 aromatic heterocycles. The van der Waals surface area contributed by atoms with Crippen LogP contribution >= 0.6 is 0 Å². The number of fused-ring (bicyclic) bond motifs is 1. The van der Waals surface area contributed by atoms with Gasteiger partial charge < -0.3 is 15.4 Å². The number of anilines is 2. The average Bonchev–Trinajstić information content (AvgIpc) is 3.34. The molecular weight excluding hydrogens is 480 g/mol. The summed E-state index contributed by atoms with van der Waals surface area (Å²) in [6.07, 6.45) is 7.73. The van der Waals surface area contributed by atoms with E-state index in [1.807, 2.05) is 6.92 Å². The summed E-state index contributed by atoms with van der Waals surface area (Å²) in [5.74, 6) is -0.365. The fourth-order valence-corrected chi connectivity index (χ4v) is 6.38. The van der Waals surface area contributed by atoms with Gasteiger partial charge in [-0.3, -0.25) is 4.79 Å². The molecule has 0 aliphatic carbocycles. The molecule has 2 fully saturated rings. The maximum atomic E-state index is 13.5. The zero-order valence-electron chi connectivity index (χ0n) is 20.4. The van der Waals surface area contributed by atoms with Crippen LogP contribution in [0.5, 0.6) is 0 Å². The highest BCUT2D eigenvalue weighted by atomic mass is 32.2. The number of carbonyl (C=O) groups is 1. The highest BCUT2D eigenvalue weighted by molar-refractivity contribution is 7.89. The van der Waals surface area contributed by atoms with E-state index in [1.54, 1.807) is 35.3 Å². The Labute approximate surface area is 211 Å². The molecule has 3 aromatic rings. The number of rotatable bonds is 7. The largest absolute Gasteiger partial charge is 0.381 e. The molecule has 5 rings (SSSR count).